The molecule has 5 heteroatoms. The summed E-state index contributed by atoms with van der Waals surface area (Å²) in [5.74, 6) is -0.0938. The van der Waals surface area contributed by atoms with Gasteiger partial charge in [-0.15, -0.1) is 0 Å². The zero-order chi connectivity index (χ0) is 18.3. The molecule has 0 radical (unpaired) electrons. The fraction of sp³-hybridized carbons (Fsp3) is 0.0952. The summed E-state index contributed by atoms with van der Waals surface area (Å²) in [4.78, 5) is 14.3. The van der Waals surface area contributed by atoms with Gasteiger partial charge in [0.1, 0.15) is 0 Å². The molecule has 0 aliphatic carbocycles. The van der Waals surface area contributed by atoms with Gasteiger partial charge in [0.25, 0.3) is 0 Å². The Bertz CT molecular complexity index is 1110. The molecule has 0 spiro atoms. The smallest absolute Gasteiger partial charge is 0.210 e. The Labute approximate surface area is 152 Å². The van der Waals surface area contributed by atoms with Gasteiger partial charge in [-0.25, -0.2) is 8.42 Å². The Morgan fingerprint density at radius 2 is 1.50 bits per heavy atom. The quantitative estimate of drug-likeness (QED) is 0.648. The van der Waals surface area contributed by atoms with Gasteiger partial charge in [0.15, 0.2) is 5.78 Å². The third kappa shape index (κ3) is 2.61. The Hall–Kier alpha value is -2.92. The predicted molar refractivity (Wildman–Crippen MR) is 101 cm³/mol. The molecular formula is C21H17NO3S. The van der Waals surface area contributed by atoms with Gasteiger partial charge in [0.05, 0.1) is 21.2 Å². The van der Waals surface area contributed by atoms with E-state index >= 15 is 0 Å². The number of hydrogen-bond acceptors (Lipinski definition) is 4. The van der Waals surface area contributed by atoms with Crippen LogP contribution in [-0.4, -0.2) is 14.2 Å². The molecule has 1 aliphatic rings. The van der Waals surface area contributed by atoms with Crippen molar-refractivity contribution < 1.29 is 13.2 Å². The summed E-state index contributed by atoms with van der Waals surface area (Å²) in [7, 11) is -3.62. The lowest BCUT2D eigenvalue weighted by Crippen LogP contribution is -2.26. The fourth-order valence-corrected chi connectivity index (χ4v) is 4.91. The average Bonchev–Trinajstić information content (AvgIpc) is 2.66. The minimum atomic E-state index is -3.62. The summed E-state index contributed by atoms with van der Waals surface area (Å²) in [6.07, 6.45) is 0. The molecular weight excluding hydrogens is 346 g/mol. The van der Waals surface area contributed by atoms with Crippen LogP contribution in [0.4, 0.5) is 11.4 Å². The number of fused-ring (bicyclic) bond motifs is 2. The highest BCUT2D eigenvalue weighted by molar-refractivity contribution is 7.92. The number of benzene rings is 3. The van der Waals surface area contributed by atoms with E-state index in [1.165, 1.54) is 13.0 Å². The second-order valence-electron chi connectivity index (χ2n) is 6.28. The number of nitrogens with zero attached hydrogens (tertiary/aromatic N) is 1. The molecule has 26 heavy (non-hydrogen) atoms. The van der Waals surface area contributed by atoms with Crippen LogP contribution in [-0.2, 0) is 16.4 Å². The normalized spacial score (nSPS) is 14.4. The van der Waals surface area contributed by atoms with E-state index in [0.29, 0.717) is 28.4 Å². The van der Waals surface area contributed by atoms with Gasteiger partial charge >= 0.3 is 0 Å². The monoisotopic (exact) mass is 363 g/mol. The maximum Gasteiger partial charge on any atom is 0.210 e. The number of para-hydroxylation sites is 1. The molecule has 0 fully saturated rings. The number of sulfone groups is 1. The maximum atomic E-state index is 13.1. The van der Waals surface area contributed by atoms with Crippen LogP contribution in [0.2, 0.25) is 0 Å². The number of hydrogen-bond donors (Lipinski definition) is 0. The molecule has 0 aromatic heterocycles. The van der Waals surface area contributed by atoms with Crippen LogP contribution >= 0.6 is 0 Å². The fourth-order valence-electron chi connectivity index (χ4n) is 3.27. The van der Waals surface area contributed by atoms with Crippen molar-refractivity contribution in [3.05, 3.63) is 83.9 Å². The van der Waals surface area contributed by atoms with E-state index in [1.54, 1.807) is 30.3 Å². The molecule has 4 nitrogen and oxygen atoms in total. The van der Waals surface area contributed by atoms with Gasteiger partial charge in [-0.05, 0) is 42.8 Å². The second-order valence-corrected chi connectivity index (χ2v) is 8.17. The largest absolute Gasteiger partial charge is 0.335 e. The van der Waals surface area contributed by atoms with Crippen LogP contribution in [0.3, 0.4) is 0 Å². The molecule has 0 unspecified atom stereocenters. The Morgan fingerprint density at radius 3 is 2.23 bits per heavy atom. The van der Waals surface area contributed by atoms with Crippen molar-refractivity contribution in [3.8, 4) is 0 Å². The first-order chi connectivity index (χ1) is 12.5. The molecule has 3 aromatic rings. The van der Waals surface area contributed by atoms with Crippen molar-refractivity contribution in [2.45, 2.75) is 23.3 Å². The number of ketones is 1. The predicted octanol–water partition coefficient (Wildman–Crippen LogP) is 4.37. The Balaban J connectivity index is 1.96. The number of carbonyl (C=O) groups excluding carboxylic acids is 1. The SMILES string of the molecule is CC(=O)c1ccc2c(c1)N(Cc1ccccc1)c1ccccc1S2(=O)=O. The molecule has 1 heterocycles. The maximum absolute atomic E-state index is 13.1. The van der Waals surface area contributed by atoms with Crippen LogP contribution in [0.15, 0.2) is 82.6 Å². The molecule has 130 valence electrons. The van der Waals surface area contributed by atoms with Gasteiger partial charge in [-0.2, -0.15) is 0 Å². The molecule has 0 saturated heterocycles. The van der Waals surface area contributed by atoms with Crippen molar-refractivity contribution in [3.63, 3.8) is 0 Å². The molecule has 0 N–H and O–H groups in total. The van der Waals surface area contributed by atoms with Gasteiger partial charge < -0.3 is 4.90 Å². The summed E-state index contributed by atoms with van der Waals surface area (Å²) in [5, 5.41) is 0. The van der Waals surface area contributed by atoms with E-state index in [2.05, 4.69) is 0 Å². The first-order valence-electron chi connectivity index (χ1n) is 8.29. The third-order valence-corrected chi connectivity index (χ3v) is 6.42. The lowest BCUT2D eigenvalue weighted by molar-refractivity contribution is 0.101. The molecule has 0 atom stereocenters. The van der Waals surface area contributed by atoms with Gasteiger partial charge in [0, 0.05) is 12.1 Å². The highest BCUT2D eigenvalue weighted by Crippen LogP contribution is 2.45. The molecule has 1 aliphatic heterocycles. The zero-order valence-corrected chi connectivity index (χ0v) is 15.0. The van der Waals surface area contributed by atoms with Gasteiger partial charge in [-0.3, -0.25) is 4.79 Å². The van der Waals surface area contributed by atoms with Crippen LogP contribution in [0, 0.1) is 0 Å². The second kappa shape index (κ2) is 6.11. The molecule has 4 rings (SSSR count). The summed E-state index contributed by atoms with van der Waals surface area (Å²) in [6.45, 7) is 2.00. The summed E-state index contributed by atoms with van der Waals surface area (Å²) in [5.41, 5.74) is 2.72. The lowest BCUT2D eigenvalue weighted by atomic mass is 10.1. The molecule has 3 aromatic carbocycles. The zero-order valence-electron chi connectivity index (χ0n) is 14.2. The van der Waals surface area contributed by atoms with E-state index < -0.39 is 9.84 Å². The van der Waals surface area contributed by atoms with E-state index in [9.17, 15) is 13.2 Å². The summed E-state index contributed by atoms with van der Waals surface area (Å²) >= 11 is 0. The van der Waals surface area contributed by atoms with Crippen molar-refractivity contribution in [2.75, 3.05) is 4.90 Å². The first-order valence-corrected chi connectivity index (χ1v) is 9.77. The van der Waals surface area contributed by atoms with E-state index in [-0.39, 0.29) is 10.7 Å². The molecule has 0 bridgehead atoms. The molecule has 0 amide bonds. The average molecular weight is 363 g/mol. The minimum absolute atomic E-state index is 0.0938. The summed E-state index contributed by atoms with van der Waals surface area (Å²) < 4.78 is 26.1. The topological polar surface area (TPSA) is 54.5 Å². The van der Waals surface area contributed by atoms with E-state index in [1.807, 2.05) is 41.3 Å². The van der Waals surface area contributed by atoms with Crippen molar-refractivity contribution in [1.82, 2.24) is 0 Å². The standard InChI is InChI=1S/C21H17NO3S/c1-15(23)17-11-12-21-19(13-17)22(14-16-7-3-2-4-8-16)18-9-5-6-10-20(18)26(21,24)25/h2-13H,14H2,1H3. The molecule has 0 saturated carbocycles. The number of carbonyl (C=O) groups is 1. The Morgan fingerprint density at radius 1 is 0.846 bits per heavy atom. The van der Waals surface area contributed by atoms with Crippen molar-refractivity contribution in [1.29, 1.82) is 0 Å². The number of Topliss-reactive ketones (excluding diaryl/α,β-unsaturated/α-hetero) is 1. The minimum Gasteiger partial charge on any atom is -0.335 e. The van der Waals surface area contributed by atoms with E-state index in [0.717, 1.165) is 5.56 Å². The van der Waals surface area contributed by atoms with Gasteiger partial charge in [0.2, 0.25) is 9.84 Å². The highest BCUT2D eigenvalue weighted by atomic mass is 32.2. The summed E-state index contributed by atoms with van der Waals surface area (Å²) in [6, 6.07) is 21.6. The van der Waals surface area contributed by atoms with Crippen molar-refractivity contribution in [2.24, 2.45) is 0 Å². The van der Waals surface area contributed by atoms with Crippen LogP contribution in [0.1, 0.15) is 22.8 Å². The van der Waals surface area contributed by atoms with Crippen LogP contribution in [0.5, 0.6) is 0 Å². The third-order valence-electron chi connectivity index (χ3n) is 4.57. The highest BCUT2D eigenvalue weighted by Gasteiger charge is 2.34. The van der Waals surface area contributed by atoms with Crippen molar-refractivity contribution >= 4 is 27.0 Å². The van der Waals surface area contributed by atoms with Crippen LogP contribution in [0.25, 0.3) is 0 Å². The lowest BCUT2D eigenvalue weighted by Gasteiger charge is -2.33. The number of anilines is 2. The first kappa shape index (κ1) is 16.5. The van der Waals surface area contributed by atoms with Gasteiger partial charge in [-0.1, -0.05) is 42.5 Å². The number of rotatable bonds is 3. The van der Waals surface area contributed by atoms with E-state index in [4.69, 9.17) is 0 Å². The Kier molecular flexibility index (Phi) is 3.89. The van der Waals surface area contributed by atoms with Crippen LogP contribution < -0.4 is 4.90 Å².